The van der Waals surface area contributed by atoms with Gasteiger partial charge >= 0.3 is 11.8 Å². The Hall–Kier alpha value is -1.95. The molecule has 1 aliphatic rings. The Balaban J connectivity index is 1.98. The topological polar surface area (TPSA) is 75.4 Å². The smallest absolute Gasteiger partial charge is 0.312 e. The van der Waals surface area contributed by atoms with Gasteiger partial charge in [-0.15, -0.1) is 0 Å². The van der Waals surface area contributed by atoms with Crippen LogP contribution in [-0.2, 0) is 22.6 Å². The van der Waals surface area contributed by atoms with E-state index in [-0.39, 0.29) is 11.5 Å². The lowest BCUT2D eigenvalue weighted by Crippen LogP contribution is -2.46. The number of nitrogens with one attached hydrogen (secondary N) is 1. The maximum atomic E-state index is 12.0. The maximum Gasteiger partial charge on any atom is 0.312 e. The summed E-state index contributed by atoms with van der Waals surface area (Å²) in [7, 11) is 0. The number of nitrogens with zero attached hydrogens (tertiary/aromatic N) is 1. The minimum atomic E-state index is -0.660. The van der Waals surface area contributed by atoms with E-state index in [2.05, 4.69) is 17.5 Å². The SMILES string of the molecule is NC(=S)CNC(=O)C(=O)N1CCc2ccccc2C1. The molecule has 0 atom stereocenters. The van der Waals surface area contributed by atoms with Gasteiger partial charge in [0, 0.05) is 13.1 Å². The van der Waals surface area contributed by atoms with Crippen molar-refractivity contribution < 1.29 is 9.59 Å². The Bertz CT molecular complexity index is 530. The molecule has 19 heavy (non-hydrogen) atoms. The van der Waals surface area contributed by atoms with Crippen molar-refractivity contribution in [1.29, 1.82) is 0 Å². The van der Waals surface area contributed by atoms with Gasteiger partial charge in [-0.25, -0.2) is 0 Å². The average Bonchev–Trinajstić information content (AvgIpc) is 2.43. The number of thiocarbonyl (C=S) groups is 1. The molecule has 0 saturated carbocycles. The molecule has 1 aromatic rings. The van der Waals surface area contributed by atoms with E-state index in [1.54, 1.807) is 0 Å². The summed E-state index contributed by atoms with van der Waals surface area (Å²) in [4.78, 5) is 25.3. The number of carbonyl (C=O) groups is 2. The molecule has 0 unspecified atom stereocenters. The summed E-state index contributed by atoms with van der Waals surface area (Å²) in [5, 5.41) is 2.41. The van der Waals surface area contributed by atoms with E-state index in [1.165, 1.54) is 10.5 Å². The predicted molar refractivity (Wildman–Crippen MR) is 75.4 cm³/mol. The predicted octanol–water partition coefficient (Wildman–Crippen LogP) is -0.0264. The fraction of sp³-hybridized carbons (Fsp3) is 0.308. The van der Waals surface area contributed by atoms with Crippen LogP contribution in [0.1, 0.15) is 11.1 Å². The average molecular weight is 277 g/mol. The monoisotopic (exact) mass is 277 g/mol. The van der Waals surface area contributed by atoms with E-state index >= 15 is 0 Å². The van der Waals surface area contributed by atoms with E-state index in [0.717, 1.165) is 12.0 Å². The summed E-state index contributed by atoms with van der Waals surface area (Å²) in [5.74, 6) is -1.20. The van der Waals surface area contributed by atoms with Gasteiger partial charge in [-0.05, 0) is 17.5 Å². The summed E-state index contributed by atoms with van der Waals surface area (Å²) < 4.78 is 0. The molecule has 0 aliphatic carbocycles. The largest absolute Gasteiger partial charge is 0.392 e. The van der Waals surface area contributed by atoms with Gasteiger partial charge in [0.05, 0.1) is 11.5 Å². The van der Waals surface area contributed by atoms with Gasteiger partial charge in [-0.1, -0.05) is 36.5 Å². The van der Waals surface area contributed by atoms with E-state index in [1.807, 2.05) is 24.3 Å². The highest BCUT2D eigenvalue weighted by molar-refractivity contribution is 7.80. The van der Waals surface area contributed by atoms with Crippen molar-refractivity contribution >= 4 is 29.0 Å². The van der Waals surface area contributed by atoms with Crippen molar-refractivity contribution in [3.8, 4) is 0 Å². The minimum Gasteiger partial charge on any atom is -0.392 e. The summed E-state index contributed by atoms with van der Waals surface area (Å²) in [6.07, 6.45) is 0.768. The first-order valence-corrected chi connectivity index (χ1v) is 6.41. The Kier molecular flexibility index (Phi) is 4.11. The van der Waals surface area contributed by atoms with Crippen molar-refractivity contribution in [1.82, 2.24) is 10.2 Å². The van der Waals surface area contributed by atoms with Gasteiger partial charge in [-0.2, -0.15) is 0 Å². The fourth-order valence-electron chi connectivity index (χ4n) is 2.06. The standard InChI is InChI=1S/C13H15N3O2S/c14-11(19)7-15-12(17)13(18)16-6-5-9-3-1-2-4-10(9)8-16/h1-4H,5-8H2,(H2,14,19)(H,15,17). The third kappa shape index (κ3) is 3.29. The first-order valence-electron chi connectivity index (χ1n) is 6.00. The summed E-state index contributed by atoms with van der Waals surface area (Å²) in [6, 6.07) is 7.93. The number of hydrogen-bond acceptors (Lipinski definition) is 3. The van der Waals surface area contributed by atoms with Gasteiger partial charge in [0.25, 0.3) is 0 Å². The normalized spacial score (nSPS) is 13.6. The Labute approximate surface area is 116 Å². The van der Waals surface area contributed by atoms with Crippen LogP contribution < -0.4 is 11.1 Å². The van der Waals surface area contributed by atoms with Crippen LogP contribution in [0.2, 0.25) is 0 Å². The molecular formula is C13H15N3O2S. The van der Waals surface area contributed by atoms with Crippen molar-refractivity contribution in [2.24, 2.45) is 5.73 Å². The van der Waals surface area contributed by atoms with Gasteiger partial charge < -0.3 is 16.0 Å². The number of rotatable bonds is 2. The molecule has 0 radical (unpaired) electrons. The zero-order valence-corrected chi connectivity index (χ0v) is 11.2. The third-order valence-corrected chi connectivity index (χ3v) is 3.18. The highest BCUT2D eigenvalue weighted by Gasteiger charge is 2.25. The zero-order chi connectivity index (χ0) is 13.8. The van der Waals surface area contributed by atoms with Gasteiger partial charge in [0.2, 0.25) is 0 Å². The molecule has 2 amide bonds. The van der Waals surface area contributed by atoms with Crippen LogP contribution in [0, 0.1) is 0 Å². The van der Waals surface area contributed by atoms with Gasteiger partial charge in [0.15, 0.2) is 0 Å². The number of amides is 2. The molecule has 5 nitrogen and oxygen atoms in total. The number of nitrogens with two attached hydrogens (primary N) is 1. The van der Waals surface area contributed by atoms with Crippen LogP contribution >= 0.6 is 12.2 Å². The molecular weight excluding hydrogens is 262 g/mol. The highest BCUT2D eigenvalue weighted by Crippen LogP contribution is 2.18. The molecule has 0 aromatic heterocycles. The van der Waals surface area contributed by atoms with Crippen LogP contribution in [0.5, 0.6) is 0 Å². The maximum absolute atomic E-state index is 12.0. The summed E-state index contributed by atoms with van der Waals surface area (Å²) in [6.45, 7) is 1.07. The molecule has 0 fully saturated rings. The lowest BCUT2D eigenvalue weighted by atomic mass is 10.00. The van der Waals surface area contributed by atoms with Crippen molar-refractivity contribution in [3.05, 3.63) is 35.4 Å². The second-order valence-corrected chi connectivity index (χ2v) is 4.92. The summed E-state index contributed by atoms with van der Waals surface area (Å²) >= 11 is 4.65. The van der Waals surface area contributed by atoms with Crippen molar-refractivity contribution in [2.75, 3.05) is 13.1 Å². The number of hydrogen-bond donors (Lipinski definition) is 2. The lowest BCUT2D eigenvalue weighted by molar-refractivity contribution is -0.146. The van der Waals surface area contributed by atoms with Gasteiger partial charge in [0.1, 0.15) is 0 Å². The molecule has 2 rings (SSSR count). The first kappa shape index (κ1) is 13.5. The van der Waals surface area contributed by atoms with Gasteiger partial charge in [-0.3, -0.25) is 9.59 Å². The van der Waals surface area contributed by atoms with Crippen molar-refractivity contribution in [2.45, 2.75) is 13.0 Å². The Morgan fingerprint density at radius 1 is 1.32 bits per heavy atom. The molecule has 1 aliphatic heterocycles. The molecule has 100 valence electrons. The van der Waals surface area contributed by atoms with Crippen molar-refractivity contribution in [3.63, 3.8) is 0 Å². The minimum absolute atomic E-state index is 0.0460. The lowest BCUT2D eigenvalue weighted by Gasteiger charge is -2.28. The summed E-state index contributed by atoms with van der Waals surface area (Å²) in [5.41, 5.74) is 7.59. The molecule has 1 aromatic carbocycles. The van der Waals surface area contributed by atoms with E-state index in [9.17, 15) is 9.59 Å². The molecule has 0 spiro atoms. The molecule has 0 bridgehead atoms. The van der Waals surface area contributed by atoms with Crippen LogP contribution in [0.25, 0.3) is 0 Å². The van der Waals surface area contributed by atoms with E-state index in [4.69, 9.17) is 5.73 Å². The highest BCUT2D eigenvalue weighted by atomic mass is 32.1. The Morgan fingerprint density at radius 2 is 2.00 bits per heavy atom. The first-order chi connectivity index (χ1) is 9.08. The second kappa shape index (κ2) is 5.79. The van der Waals surface area contributed by atoms with Crippen LogP contribution in [0.3, 0.4) is 0 Å². The number of benzene rings is 1. The third-order valence-electron chi connectivity index (χ3n) is 3.04. The molecule has 6 heteroatoms. The molecule has 1 heterocycles. The van der Waals surface area contributed by atoms with Crippen LogP contribution in [-0.4, -0.2) is 34.8 Å². The second-order valence-electron chi connectivity index (χ2n) is 4.39. The van der Waals surface area contributed by atoms with E-state index < -0.39 is 11.8 Å². The molecule has 0 saturated heterocycles. The zero-order valence-electron chi connectivity index (χ0n) is 10.4. The molecule has 3 N–H and O–H groups in total. The van der Waals surface area contributed by atoms with E-state index in [0.29, 0.717) is 13.1 Å². The number of carbonyl (C=O) groups excluding carboxylic acids is 2. The fourth-order valence-corrected chi connectivity index (χ4v) is 2.13. The number of fused-ring (bicyclic) bond motifs is 1. The Morgan fingerprint density at radius 3 is 2.68 bits per heavy atom. The van der Waals surface area contributed by atoms with Crippen LogP contribution in [0.15, 0.2) is 24.3 Å². The quantitative estimate of drug-likeness (QED) is 0.588. The van der Waals surface area contributed by atoms with Crippen LogP contribution in [0.4, 0.5) is 0 Å².